The molecular weight excluding hydrogens is 406 g/mol. The number of esters is 1. The van der Waals surface area contributed by atoms with Gasteiger partial charge in [-0.05, 0) is 67.8 Å². The molecule has 0 fully saturated rings. The molecule has 2 aromatic rings. The van der Waals surface area contributed by atoms with E-state index in [4.69, 9.17) is 4.74 Å². The first-order valence-corrected chi connectivity index (χ1v) is 9.30. The average Bonchev–Trinajstić information content (AvgIpc) is 2.85. The van der Waals surface area contributed by atoms with E-state index in [1.807, 2.05) is 56.3 Å². The molecule has 0 bridgehead atoms. The summed E-state index contributed by atoms with van der Waals surface area (Å²) in [5, 5.41) is 0. The molecule has 2 aromatic carbocycles. The van der Waals surface area contributed by atoms with Crippen molar-refractivity contribution in [3.8, 4) is 0 Å². The molecule has 0 spiro atoms. The Morgan fingerprint density at radius 1 is 1.04 bits per heavy atom. The van der Waals surface area contributed by atoms with Crippen LogP contribution in [-0.4, -0.2) is 19.0 Å². The van der Waals surface area contributed by atoms with Crippen LogP contribution in [-0.2, 0) is 14.3 Å². The van der Waals surface area contributed by atoms with Gasteiger partial charge in [-0.15, -0.1) is 0 Å². The number of amides is 1. The smallest absolute Gasteiger partial charge is 0.340 e. The Kier molecular flexibility index (Phi) is 5.33. The van der Waals surface area contributed by atoms with Crippen LogP contribution >= 0.6 is 15.9 Å². The molecular formula is C22H20BrNO3. The van der Waals surface area contributed by atoms with E-state index in [2.05, 4.69) is 15.9 Å². The first-order chi connectivity index (χ1) is 12.8. The molecule has 0 unspecified atom stereocenters. The summed E-state index contributed by atoms with van der Waals surface area (Å²) in [5.74, 6) is -0.753. The number of benzene rings is 2. The van der Waals surface area contributed by atoms with Gasteiger partial charge in [0, 0.05) is 15.9 Å². The van der Waals surface area contributed by atoms with Crippen molar-refractivity contribution in [3.05, 3.63) is 80.5 Å². The van der Waals surface area contributed by atoms with E-state index in [0.717, 1.165) is 26.9 Å². The minimum Gasteiger partial charge on any atom is -0.465 e. The number of ether oxygens (including phenoxy) is 1. The fourth-order valence-electron chi connectivity index (χ4n) is 3.30. The lowest BCUT2D eigenvalue weighted by molar-refractivity contribution is -0.136. The highest BCUT2D eigenvalue weighted by molar-refractivity contribution is 9.10. The molecule has 0 aliphatic carbocycles. The maximum Gasteiger partial charge on any atom is 0.340 e. The number of carbonyl (C=O) groups is 2. The molecule has 0 radical (unpaired) electrons. The number of anilines is 1. The van der Waals surface area contributed by atoms with Crippen molar-refractivity contribution in [2.45, 2.75) is 20.8 Å². The third-order valence-corrected chi connectivity index (χ3v) is 4.96. The van der Waals surface area contributed by atoms with Crippen molar-refractivity contribution in [2.75, 3.05) is 12.0 Å². The number of hydrogen-bond acceptors (Lipinski definition) is 3. The maximum absolute atomic E-state index is 13.2. The molecule has 3 rings (SSSR count). The van der Waals surface area contributed by atoms with Crippen LogP contribution in [0.1, 0.15) is 23.6 Å². The second-order valence-corrected chi connectivity index (χ2v) is 7.46. The zero-order valence-corrected chi connectivity index (χ0v) is 17.3. The third-order valence-electron chi connectivity index (χ3n) is 4.44. The number of halogens is 1. The van der Waals surface area contributed by atoms with Crippen molar-refractivity contribution in [3.63, 3.8) is 0 Å². The molecule has 0 saturated heterocycles. The summed E-state index contributed by atoms with van der Waals surface area (Å²) in [7, 11) is 1.32. The first kappa shape index (κ1) is 19.1. The molecule has 0 atom stereocenters. The Morgan fingerprint density at radius 3 is 2.19 bits per heavy atom. The Labute approximate surface area is 167 Å². The molecule has 1 aliphatic rings. The Bertz CT molecular complexity index is 967. The topological polar surface area (TPSA) is 46.6 Å². The molecule has 27 heavy (non-hydrogen) atoms. The predicted molar refractivity (Wildman–Crippen MR) is 110 cm³/mol. The van der Waals surface area contributed by atoms with Gasteiger partial charge in [-0.3, -0.25) is 9.69 Å². The van der Waals surface area contributed by atoms with Crippen molar-refractivity contribution in [2.24, 2.45) is 0 Å². The Hall–Kier alpha value is -2.66. The Morgan fingerprint density at radius 2 is 1.63 bits per heavy atom. The van der Waals surface area contributed by atoms with Crippen LogP contribution in [0.5, 0.6) is 0 Å². The standard InChI is InChI=1S/C22H20BrNO3/c1-13-9-14(2)11-18(10-13)24-15(3)20(22(26)27-4)19(21(24)25)12-16-5-7-17(23)8-6-16/h5-12H,1-4H3. The number of aryl methyl sites for hydroxylation is 2. The highest BCUT2D eigenvalue weighted by Crippen LogP contribution is 2.36. The molecule has 1 aliphatic heterocycles. The van der Waals surface area contributed by atoms with Crippen molar-refractivity contribution >= 4 is 39.6 Å². The van der Waals surface area contributed by atoms with Crippen LogP contribution in [0.25, 0.3) is 6.08 Å². The monoisotopic (exact) mass is 425 g/mol. The summed E-state index contributed by atoms with van der Waals surface area (Å²) >= 11 is 3.40. The van der Waals surface area contributed by atoms with Gasteiger partial charge in [0.15, 0.2) is 0 Å². The lowest BCUT2D eigenvalue weighted by Crippen LogP contribution is -2.24. The molecule has 0 aromatic heterocycles. The van der Waals surface area contributed by atoms with Gasteiger partial charge in [-0.1, -0.05) is 34.1 Å². The van der Waals surface area contributed by atoms with E-state index in [0.29, 0.717) is 16.8 Å². The summed E-state index contributed by atoms with van der Waals surface area (Å²) in [6.07, 6.45) is 1.73. The minimum atomic E-state index is -0.518. The summed E-state index contributed by atoms with van der Waals surface area (Å²) in [6, 6.07) is 13.5. The van der Waals surface area contributed by atoms with Gasteiger partial charge in [0.1, 0.15) is 0 Å². The number of methoxy groups -OCH3 is 1. The lowest BCUT2D eigenvalue weighted by Gasteiger charge is -2.19. The number of nitrogens with zero attached hydrogens (tertiary/aromatic N) is 1. The van der Waals surface area contributed by atoms with E-state index in [1.165, 1.54) is 7.11 Å². The van der Waals surface area contributed by atoms with Crippen LogP contribution in [0, 0.1) is 13.8 Å². The summed E-state index contributed by atoms with van der Waals surface area (Å²) in [6.45, 7) is 5.73. The number of allylic oxidation sites excluding steroid dienone is 1. The molecule has 0 N–H and O–H groups in total. The zero-order chi connectivity index (χ0) is 19.7. The van der Waals surface area contributed by atoms with E-state index < -0.39 is 5.97 Å². The first-order valence-electron chi connectivity index (χ1n) is 8.51. The molecule has 1 amide bonds. The van der Waals surface area contributed by atoms with Crippen LogP contribution in [0.2, 0.25) is 0 Å². The van der Waals surface area contributed by atoms with Gasteiger partial charge < -0.3 is 4.74 Å². The lowest BCUT2D eigenvalue weighted by atomic mass is 10.0. The van der Waals surface area contributed by atoms with Gasteiger partial charge in [0.25, 0.3) is 5.91 Å². The van der Waals surface area contributed by atoms with Crippen molar-refractivity contribution in [1.82, 2.24) is 0 Å². The molecule has 5 heteroatoms. The largest absolute Gasteiger partial charge is 0.465 e. The molecule has 4 nitrogen and oxygen atoms in total. The maximum atomic E-state index is 13.2. The predicted octanol–water partition coefficient (Wildman–Crippen LogP) is 4.94. The molecule has 0 saturated carbocycles. The van der Waals surface area contributed by atoms with Crippen LogP contribution in [0.4, 0.5) is 5.69 Å². The average molecular weight is 426 g/mol. The fourth-order valence-corrected chi connectivity index (χ4v) is 3.56. The second-order valence-electron chi connectivity index (χ2n) is 6.55. The zero-order valence-electron chi connectivity index (χ0n) is 15.7. The fraction of sp³-hybridized carbons (Fsp3) is 0.182. The minimum absolute atomic E-state index is 0.235. The summed E-state index contributed by atoms with van der Waals surface area (Å²) in [4.78, 5) is 27.2. The van der Waals surface area contributed by atoms with Gasteiger partial charge >= 0.3 is 5.97 Å². The highest BCUT2D eigenvalue weighted by Gasteiger charge is 2.37. The van der Waals surface area contributed by atoms with Gasteiger partial charge in [-0.25, -0.2) is 4.79 Å². The number of hydrogen-bond donors (Lipinski definition) is 0. The van der Waals surface area contributed by atoms with Crippen LogP contribution in [0.15, 0.2) is 63.8 Å². The van der Waals surface area contributed by atoms with E-state index in [9.17, 15) is 9.59 Å². The molecule has 1 heterocycles. The van der Waals surface area contributed by atoms with E-state index in [1.54, 1.807) is 17.9 Å². The summed E-state index contributed by atoms with van der Waals surface area (Å²) < 4.78 is 5.89. The van der Waals surface area contributed by atoms with Crippen LogP contribution < -0.4 is 4.90 Å². The Balaban J connectivity index is 2.15. The second kappa shape index (κ2) is 7.53. The third kappa shape index (κ3) is 3.74. The van der Waals surface area contributed by atoms with Gasteiger partial charge in [0.2, 0.25) is 0 Å². The molecule has 138 valence electrons. The quantitative estimate of drug-likeness (QED) is 0.516. The van der Waals surface area contributed by atoms with E-state index >= 15 is 0 Å². The SMILES string of the molecule is COC(=O)C1=C(C)N(c2cc(C)cc(C)c2)C(=O)C1=Cc1ccc(Br)cc1. The van der Waals surface area contributed by atoms with Gasteiger partial charge in [-0.2, -0.15) is 0 Å². The highest BCUT2D eigenvalue weighted by atomic mass is 79.9. The summed E-state index contributed by atoms with van der Waals surface area (Å²) in [5.41, 5.74) is 4.88. The van der Waals surface area contributed by atoms with E-state index in [-0.39, 0.29) is 5.91 Å². The van der Waals surface area contributed by atoms with Crippen molar-refractivity contribution < 1.29 is 14.3 Å². The van der Waals surface area contributed by atoms with Gasteiger partial charge in [0.05, 0.1) is 18.3 Å². The number of rotatable bonds is 3. The van der Waals surface area contributed by atoms with Crippen molar-refractivity contribution in [1.29, 1.82) is 0 Å². The number of carbonyl (C=O) groups excluding carboxylic acids is 2. The van der Waals surface area contributed by atoms with Crippen LogP contribution in [0.3, 0.4) is 0 Å². The normalized spacial score (nSPS) is 15.7.